The number of rotatable bonds is 4. The molecule has 0 radical (unpaired) electrons. The number of benzene rings is 2. The van der Waals surface area contributed by atoms with Gasteiger partial charge in [-0.3, -0.25) is 0 Å². The van der Waals surface area contributed by atoms with Crippen LogP contribution < -0.4 is 10.5 Å². The Morgan fingerprint density at radius 1 is 1.30 bits per heavy atom. The third-order valence-electron chi connectivity index (χ3n) is 2.86. The first-order valence-electron chi connectivity index (χ1n) is 5.94. The molecule has 0 atom stereocenters. The van der Waals surface area contributed by atoms with Gasteiger partial charge >= 0.3 is 0 Å². The van der Waals surface area contributed by atoms with E-state index in [1.54, 1.807) is 18.2 Å². The first kappa shape index (κ1) is 14.8. The normalized spacial score (nSPS) is 10.3. The van der Waals surface area contributed by atoms with Gasteiger partial charge in [0, 0.05) is 16.1 Å². The lowest BCUT2D eigenvalue weighted by atomic mass is 10.1. The summed E-state index contributed by atoms with van der Waals surface area (Å²) in [4.78, 5) is 0.218. The average molecular weight is 310 g/mol. The molecule has 0 amide bonds. The maximum atomic E-state index is 13.3. The summed E-state index contributed by atoms with van der Waals surface area (Å²) in [5.74, 6) is 0.306. The predicted molar refractivity (Wildman–Crippen MR) is 82.8 cm³/mol. The van der Waals surface area contributed by atoms with E-state index in [4.69, 9.17) is 34.3 Å². The van der Waals surface area contributed by atoms with Crippen molar-refractivity contribution in [1.82, 2.24) is 0 Å². The highest BCUT2D eigenvalue weighted by Crippen LogP contribution is 2.22. The summed E-state index contributed by atoms with van der Waals surface area (Å²) in [7, 11) is 0. The molecule has 0 spiro atoms. The molecule has 0 unspecified atom stereocenters. The Morgan fingerprint density at radius 3 is 2.70 bits per heavy atom. The van der Waals surface area contributed by atoms with Gasteiger partial charge in [-0.15, -0.1) is 0 Å². The van der Waals surface area contributed by atoms with E-state index in [9.17, 15) is 4.39 Å². The zero-order valence-corrected chi connectivity index (χ0v) is 12.4. The Labute approximate surface area is 127 Å². The van der Waals surface area contributed by atoms with Gasteiger partial charge in [0.2, 0.25) is 0 Å². The van der Waals surface area contributed by atoms with E-state index in [1.165, 1.54) is 12.1 Å². The van der Waals surface area contributed by atoms with Crippen molar-refractivity contribution >= 4 is 28.8 Å². The number of aryl methyl sites for hydroxylation is 1. The lowest BCUT2D eigenvalue weighted by molar-refractivity contribution is 0.305. The van der Waals surface area contributed by atoms with E-state index in [0.717, 1.165) is 5.56 Å². The van der Waals surface area contributed by atoms with Gasteiger partial charge in [0.25, 0.3) is 0 Å². The molecular formula is C15H13ClFNOS. The van der Waals surface area contributed by atoms with Crippen molar-refractivity contribution in [3.05, 3.63) is 63.9 Å². The van der Waals surface area contributed by atoms with Crippen molar-refractivity contribution in [2.45, 2.75) is 13.5 Å². The average Bonchev–Trinajstić information content (AvgIpc) is 2.40. The van der Waals surface area contributed by atoms with Gasteiger partial charge in [-0.25, -0.2) is 4.39 Å². The van der Waals surface area contributed by atoms with Gasteiger partial charge in [0.05, 0.1) is 0 Å². The highest BCUT2D eigenvalue weighted by molar-refractivity contribution is 7.80. The number of hydrogen-bond donors (Lipinski definition) is 1. The Balaban J connectivity index is 2.20. The molecule has 2 rings (SSSR count). The largest absolute Gasteiger partial charge is 0.489 e. The van der Waals surface area contributed by atoms with E-state index in [0.29, 0.717) is 21.9 Å². The minimum absolute atomic E-state index is 0.186. The van der Waals surface area contributed by atoms with Gasteiger partial charge < -0.3 is 10.5 Å². The van der Waals surface area contributed by atoms with E-state index in [1.807, 2.05) is 13.0 Å². The summed E-state index contributed by atoms with van der Waals surface area (Å²) in [5.41, 5.74) is 7.76. The second-order valence-electron chi connectivity index (χ2n) is 4.37. The zero-order valence-electron chi connectivity index (χ0n) is 10.8. The van der Waals surface area contributed by atoms with Crippen LogP contribution in [0.5, 0.6) is 5.75 Å². The van der Waals surface area contributed by atoms with Crippen LogP contribution in [0.2, 0.25) is 5.02 Å². The van der Waals surface area contributed by atoms with E-state index >= 15 is 0 Å². The molecule has 2 aromatic carbocycles. The first-order chi connectivity index (χ1) is 9.47. The van der Waals surface area contributed by atoms with Crippen LogP contribution in [0, 0.1) is 12.7 Å². The molecule has 104 valence electrons. The monoisotopic (exact) mass is 309 g/mol. The van der Waals surface area contributed by atoms with E-state index in [2.05, 4.69) is 0 Å². The highest BCUT2D eigenvalue weighted by atomic mass is 35.5. The SMILES string of the molecule is Cc1cc(OCc2cc(F)ccc2C(N)=S)ccc1Cl. The maximum Gasteiger partial charge on any atom is 0.123 e. The molecular weight excluding hydrogens is 297 g/mol. The van der Waals surface area contributed by atoms with Gasteiger partial charge in [0.1, 0.15) is 23.2 Å². The molecule has 0 aliphatic carbocycles. The number of halogens is 2. The van der Waals surface area contributed by atoms with Crippen molar-refractivity contribution in [2.75, 3.05) is 0 Å². The quantitative estimate of drug-likeness (QED) is 0.867. The molecule has 0 aliphatic heterocycles. The third kappa shape index (κ3) is 3.46. The summed E-state index contributed by atoms with van der Waals surface area (Å²) in [6.07, 6.45) is 0. The fraction of sp³-hybridized carbons (Fsp3) is 0.133. The highest BCUT2D eigenvalue weighted by Gasteiger charge is 2.08. The fourth-order valence-corrected chi connectivity index (χ4v) is 2.11. The molecule has 0 fully saturated rings. The van der Waals surface area contributed by atoms with E-state index < -0.39 is 0 Å². The van der Waals surface area contributed by atoms with Gasteiger partial charge in [0.15, 0.2) is 0 Å². The predicted octanol–water partition coefficient (Wildman–Crippen LogP) is 4.00. The molecule has 0 aliphatic rings. The van der Waals surface area contributed by atoms with Crippen LogP contribution in [0.15, 0.2) is 36.4 Å². The van der Waals surface area contributed by atoms with Crippen LogP contribution >= 0.6 is 23.8 Å². The maximum absolute atomic E-state index is 13.3. The smallest absolute Gasteiger partial charge is 0.123 e. The molecule has 0 heterocycles. The minimum Gasteiger partial charge on any atom is -0.489 e. The summed E-state index contributed by atoms with van der Waals surface area (Å²) < 4.78 is 18.9. The van der Waals surface area contributed by atoms with Gasteiger partial charge in [-0.05, 0) is 48.9 Å². The molecule has 0 saturated heterocycles. The molecule has 5 heteroatoms. The number of ether oxygens (including phenoxy) is 1. The van der Waals surface area contributed by atoms with Crippen LogP contribution in [0.4, 0.5) is 4.39 Å². The zero-order chi connectivity index (χ0) is 14.7. The van der Waals surface area contributed by atoms with Crippen LogP contribution in [0.25, 0.3) is 0 Å². The summed E-state index contributed by atoms with van der Waals surface area (Å²) in [5, 5.41) is 0.673. The second-order valence-corrected chi connectivity index (χ2v) is 5.21. The Bertz CT molecular complexity index is 660. The summed E-state index contributed by atoms with van der Waals surface area (Å²) in [6.45, 7) is 2.07. The van der Waals surface area contributed by atoms with Crippen molar-refractivity contribution in [2.24, 2.45) is 5.73 Å². The van der Waals surface area contributed by atoms with Crippen molar-refractivity contribution in [3.8, 4) is 5.75 Å². The Morgan fingerprint density at radius 2 is 2.05 bits per heavy atom. The van der Waals surface area contributed by atoms with Crippen LogP contribution in [0.1, 0.15) is 16.7 Å². The minimum atomic E-state index is -0.351. The molecule has 2 nitrogen and oxygen atoms in total. The molecule has 0 bridgehead atoms. The van der Waals surface area contributed by atoms with Crippen LogP contribution in [-0.4, -0.2) is 4.99 Å². The molecule has 2 aromatic rings. The molecule has 2 N–H and O–H groups in total. The number of hydrogen-bond acceptors (Lipinski definition) is 2. The van der Waals surface area contributed by atoms with Crippen molar-refractivity contribution in [1.29, 1.82) is 0 Å². The number of nitrogens with two attached hydrogens (primary N) is 1. The van der Waals surface area contributed by atoms with Gasteiger partial charge in [-0.1, -0.05) is 23.8 Å². The Hall–Kier alpha value is -1.65. The first-order valence-corrected chi connectivity index (χ1v) is 6.73. The lowest BCUT2D eigenvalue weighted by Gasteiger charge is -2.11. The fourth-order valence-electron chi connectivity index (χ4n) is 1.79. The van der Waals surface area contributed by atoms with Crippen molar-refractivity contribution in [3.63, 3.8) is 0 Å². The molecule has 0 saturated carbocycles. The van der Waals surface area contributed by atoms with Crippen molar-refractivity contribution < 1.29 is 9.13 Å². The summed E-state index contributed by atoms with van der Waals surface area (Å²) in [6, 6.07) is 9.59. The second kappa shape index (κ2) is 6.20. The summed E-state index contributed by atoms with van der Waals surface area (Å²) >= 11 is 10.9. The Kier molecular flexibility index (Phi) is 4.57. The van der Waals surface area contributed by atoms with Crippen LogP contribution in [0.3, 0.4) is 0 Å². The standard InChI is InChI=1S/C15H13ClFNOS/c1-9-6-12(3-5-14(9)16)19-8-10-7-11(17)2-4-13(10)15(18)20/h2-7H,8H2,1H3,(H2,18,20). The number of thiocarbonyl (C=S) groups is 1. The third-order valence-corrected chi connectivity index (χ3v) is 3.50. The molecule has 20 heavy (non-hydrogen) atoms. The van der Waals surface area contributed by atoms with E-state index in [-0.39, 0.29) is 17.4 Å². The lowest BCUT2D eigenvalue weighted by Crippen LogP contribution is -2.13. The topological polar surface area (TPSA) is 35.2 Å². The molecule has 0 aromatic heterocycles. The van der Waals surface area contributed by atoms with Gasteiger partial charge in [-0.2, -0.15) is 0 Å². The van der Waals surface area contributed by atoms with Crippen LogP contribution in [-0.2, 0) is 6.61 Å².